The van der Waals surface area contributed by atoms with Crippen LogP contribution < -0.4 is 5.32 Å². The Morgan fingerprint density at radius 2 is 2.04 bits per heavy atom. The van der Waals surface area contributed by atoms with E-state index in [0.29, 0.717) is 19.0 Å². The molecular weight excluding hydrogens is 324 g/mol. The van der Waals surface area contributed by atoms with E-state index in [9.17, 15) is 8.42 Å². The molecule has 24 heavy (non-hydrogen) atoms. The summed E-state index contributed by atoms with van der Waals surface area (Å²) in [6.45, 7) is 1.24. The predicted molar refractivity (Wildman–Crippen MR) is 94.6 cm³/mol. The number of sulfonamides is 1. The molecule has 0 aromatic carbocycles. The Morgan fingerprint density at radius 3 is 2.79 bits per heavy atom. The van der Waals surface area contributed by atoms with Crippen LogP contribution in [0.3, 0.4) is 0 Å². The van der Waals surface area contributed by atoms with Crippen molar-refractivity contribution in [3.05, 3.63) is 48.3 Å². The summed E-state index contributed by atoms with van der Waals surface area (Å²) in [5.74, 6) is 1.85. The molecule has 1 saturated heterocycles. The van der Waals surface area contributed by atoms with Crippen molar-refractivity contribution in [3.8, 4) is 0 Å². The maximum Gasteiger partial charge on any atom is 0.211 e. The van der Waals surface area contributed by atoms with Gasteiger partial charge in [-0.25, -0.2) is 22.7 Å². The molecule has 2 aromatic rings. The lowest BCUT2D eigenvalue weighted by Gasteiger charge is -2.31. The largest absolute Gasteiger partial charge is 0.325 e. The normalized spacial score (nSPS) is 19.1. The fraction of sp³-hybridized carbons (Fsp3) is 0.412. The number of piperidine rings is 1. The van der Waals surface area contributed by atoms with E-state index in [0.717, 1.165) is 36.5 Å². The quantitative estimate of drug-likeness (QED) is 0.900. The second-order valence-electron chi connectivity index (χ2n) is 6.22. The summed E-state index contributed by atoms with van der Waals surface area (Å²) in [5, 5.41) is 3.19. The van der Waals surface area contributed by atoms with Crippen LogP contribution in [0, 0.1) is 5.92 Å². The van der Waals surface area contributed by atoms with Gasteiger partial charge in [-0.05, 0) is 55.0 Å². The summed E-state index contributed by atoms with van der Waals surface area (Å²) in [7, 11) is -3.10. The summed E-state index contributed by atoms with van der Waals surface area (Å²) in [6.07, 6.45) is 7.62. The van der Waals surface area contributed by atoms with E-state index >= 15 is 0 Å². The van der Waals surface area contributed by atoms with Gasteiger partial charge >= 0.3 is 0 Å². The highest BCUT2D eigenvalue weighted by Crippen LogP contribution is 2.23. The van der Waals surface area contributed by atoms with Crippen molar-refractivity contribution in [2.75, 3.05) is 24.7 Å². The Morgan fingerprint density at radius 1 is 1.21 bits per heavy atom. The molecule has 1 aliphatic heterocycles. The first-order chi connectivity index (χ1) is 11.5. The molecule has 0 spiro atoms. The van der Waals surface area contributed by atoms with E-state index in [2.05, 4.69) is 15.3 Å². The number of pyridine rings is 2. The van der Waals surface area contributed by atoms with E-state index in [1.54, 1.807) is 16.7 Å². The van der Waals surface area contributed by atoms with E-state index in [1.165, 1.54) is 6.26 Å². The van der Waals surface area contributed by atoms with Crippen LogP contribution in [-0.2, 0) is 16.4 Å². The highest BCUT2D eigenvalue weighted by Gasteiger charge is 2.25. The molecule has 1 aliphatic rings. The summed E-state index contributed by atoms with van der Waals surface area (Å²) in [5.41, 5.74) is 1.16. The van der Waals surface area contributed by atoms with Gasteiger partial charge in [-0.1, -0.05) is 6.07 Å². The first-order valence-corrected chi connectivity index (χ1v) is 9.93. The number of nitrogens with one attached hydrogen (secondary N) is 1. The fourth-order valence-corrected chi connectivity index (χ4v) is 4.01. The summed E-state index contributed by atoms with van der Waals surface area (Å²) in [6, 6.07) is 9.67. The Bertz CT molecular complexity index is 780. The number of hydrogen-bond acceptors (Lipinski definition) is 5. The highest BCUT2D eigenvalue weighted by molar-refractivity contribution is 7.88. The van der Waals surface area contributed by atoms with E-state index in [-0.39, 0.29) is 0 Å². The lowest BCUT2D eigenvalue weighted by atomic mass is 9.93. The van der Waals surface area contributed by atoms with Gasteiger partial charge in [0.05, 0.1) is 6.26 Å². The van der Waals surface area contributed by atoms with Crippen molar-refractivity contribution in [1.29, 1.82) is 0 Å². The first kappa shape index (κ1) is 16.9. The van der Waals surface area contributed by atoms with Gasteiger partial charge in [-0.2, -0.15) is 0 Å². The highest BCUT2D eigenvalue weighted by atomic mass is 32.2. The van der Waals surface area contributed by atoms with Gasteiger partial charge in [0.15, 0.2) is 0 Å². The maximum atomic E-state index is 11.7. The van der Waals surface area contributed by atoms with Crippen molar-refractivity contribution in [2.24, 2.45) is 5.92 Å². The maximum absolute atomic E-state index is 11.7. The van der Waals surface area contributed by atoms with Crippen LogP contribution in [0.15, 0.2) is 42.7 Å². The molecule has 128 valence electrons. The minimum Gasteiger partial charge on any atom is -0.325 e. The Labute approximate surface area is 143 Å². The minimum absolute atomic E-state index is 0.346. The zero-order valence-electron chi connectivity index (χ0n) is 13.7. The Balaban J connectivity index is 1.66. The van der Waals surface area contributed by atoms with Crippen molar-refractivity contribution in [3.63, 3.8) is 0 Å². The number of anilines is 2. The van der Waals surface area contributed by atoms with Crippen molar-refractivity contribution in [2.45, 2.75) is 19.3 Å². The van der Waals surface area contributed by atoms with Crippen LogP contribution in [-0.4, -0.2) is 42.0 Å². The van der Waals surface area contributed by atoms with Crippen LogP contribution in [0.2, 0.25) is 0 Å². The number of nitrogens with zero attached hydrogens (tertiary/aromatic N) is 3. The Kier molecular flexibility index (Phi) is 5.11. The predicted octanol–water partition coefficient (Wildman–Crippen LogP) is 2.43. The van der Waals surface area contributed by atoms with E-state index < -0.39 is 10.0 Å². The van der Waals surface area contributed by atoms with Gasteiger partial charge in [-0.3, -0.25) is 0 Å². The monoisotopic (exact) mass is 346 g/mol. The smallest absolute Gasteiger partial charge is 0.211 e. The molecule has 0 aliphatic carbocycles. The van der Waals surface area contributed by atoms with Crippen molar-refractivity contribution < 1.29 is 8.42 Å². The fourth-order valence-electron chi connectivity index (χ4n) is 3.07. The zero-order valence-corrected chi connectivity index (χ0v) is 14.5. The SMILES string of the molecule is CS(=O)(=O)N1CCC[C@H](Cc2ccnc(Nc3ccccn3)c2)C1. The molecule has 7 heteroatoms. The molecule has 0 unspecified atom stereocenters. The van der Waals surface area contributed by atoms with Crippen molar-refractivity contribution >= 4 is 21.7 Å². The second kappa shape index (κ2) is 7.27. The standard InChI is InChI=1S/C17H22N4O2S/c1-24(22,23)21-10-4-5-15(13-21)11-14-7-9-19-17(12-14)20-16-6-2-3-8-18-16/h2-3,6-9,12,15H,4-5,10-11,13H2,1H3,(H,18,19,20)/t15-/m1/s1. The van der Waals surface area contributed by atoms with Gasteiger partial charge < -0.3 is 5.32 Å². The number of hydrogen-bond donors (Lipinski definition) is 1. The third-order valence-corrected chi connectivity index (χ3v) is 5.49. The van der Waals surface area contributed by atoms with Gasteiger partial charge in [-0.15, -0.1) is 0 Å². The van der Waals surface area contributed by atoms with Crippen LogP contribution in [0.1, 0.15) is 18.4 Å². The average Bonchev–Trinajstić information content (AvgIpc) is 2.56. The number of rotatable bonds is 5. The van der Waals surface area contributed by atoms with Crippen LogP contribution in [0.4, 0.5) is 11.6 Å². The summed E-state index contributed by atoms with van der Waals surface area (Å²) >= 11 is 0. The molecule has 0 radical (unpaired) electrons. The summed E-state index contributed by atoms with van der Waals surface area (Å²) < 4.78 is 25.1. The molecular formula is C17H22N4O2S. The third kappa shape index (κ3) is 4.52. The lowest BCUT2D eigenvalue weighted by Crippen LogP contribution is -2.39. The molecule has 1 fully saturated rings. The van der Waals surface area contributed by atoms with E-state index in [4.69, 9.17) is 0 Å². The van der Waals surface area contributed by atoms with Gasteiger partial charge in [0, 0.05) is 25.5 Å². The van der Waals surface area contributed by atoms with Crippen LogP contribution >= 0.6 is 0 Å². The van der Waals surface area contributed by atoms with E-state index in [1.807, 2.05) is 30.3 Å². The topological polar surface area (TPSA) is 75.2 Å². The Hall–Kier alpha value is -1.99. The average molecular weight is 346 g/mol. The molecule has 0 amide bonds. The molecule has 0 saturated carbocycles. The minimum atomic E-state index is -3.10. The summed E-state index contributed by atoms with van der Waals surface area (Å²) in [4.78, 5) is 8.56. The molecule has 3 heterocycles. The van der Waals surface area contributed by atoms with Crippen molar-refractivity contribution in [1.82, 2.24) is 14.3 Å². The zero-order chi connectivity index (χ0) is 17.0. The lowest BCUT2D eigenvalue weighted by molar-refractivity contribution is 0.267. The molecule has 1 atom stereocenters. The van der Waals surface area contributed by atoms with Gasteiger partial charge in [0.2, 0.25) is 10.0 Å². The second-order valence-corrected chi connectivity index (χ2v) is 8.21. The first-order valence-electron chi connectivity index (χ1n) is 8.09. The molecule has 6 nitrogen and oxygen atoms in total. The van der Waals surface area contributed by atoms with Crippen LogP contribution in [0.5, 0.6) is 0 Å². The molecule has 2 aromatic heterocycles. The number of aromatic nitrogens is 2. The van der Waals surface area contributed by atoms with Crippen LogP contribution in [0.25, 0.3) is 0 Å². The third-order valence-electron chi connectivity index (χ3n) is 4.22. The molecule has 3 rings (SSSR count). The van der Waals surface area contributed by atoms with Gasteiger partial charge in [0.1, 0.15) is 11.6 Å². The molecule has 0 bridgehead atoms. The van der Waals surface area contributed by atoms with Gasteiger partial charge in [0.25, 0.3) is 0 Å². The molecule has 1 N–H and O–H groups in total.